The molecular weight excluding hydrogens is 432 g/mol. The molecule has 4 rings (SSSR count). The lowest BCUT2D eigenvalue weighted by Gasteiger charge is -2.14. The Morgan fingerprint density at radius 3 is 2.06 bits per heavy atom. The van der Waals surface area contributed by atoms with Gasteiger partial charge in [0.25, 0.3) is 5.91 Å². The van der Waals surface area contributed by atoms with Crippen LogP contribution >= 0.6 is 0 Å². The molecule has 1 amide bonds. The molecule has 0 fully saturated rings. The van der Waals surface area contributed by atoms with Crippen molar-refractivity contribution in [3.63, 3.8) is 0 Å². The van der Waals surface area contributed by atoms with Gasteiger partial charge in [-0.05, 0) is 72.6 Å². The van der Waals surface area contributed by atoms with E-state index in [0.717, 1.165) is 11.1 Å². The fraction of sp³-hybridized carbons (Fsp3) is 0.154. The van der Waals surface area contributed by atoms with Gasteiger partial charge in [0.05, 0.1) is 6.61 Å². The van der Waals surface area contributed by atoms with Crippen LogP contribution in [0.15, 0.2) is 85.6 Å². The quantitative estimate of drug-likeness (QED) is 0.370. The molecule has 172 valence electrons. The van der Waals surface area contributed by atoms with Crippen LogP contribution in [-0.4, -0.2) is 27.5 Å². The summed E-state index contributed by atoms with van der Waals surface area (Å²) in [4.78, 5) is 25.2. The molecule has 0 bridgehead atoms. The third-order valence-corrected chi connectivity index (χ3v) is 4.80. The Hall–Kier alpha value is -4.46. The molecule has 0 unspecified atom stereocenters. The number of carbonyl (C=O) groups excluding carboxylic acids is 1. The zero-order chi connectivity index (χ0) is 23.6. The van der Waals surface area contributed by atoms with Crippen molar-refractivity contribution in [2.75, 3.05) is 11.9 Å². The first-order valence-electron chi connectivity index (χ1n) is 10.8. The largest absolute Gasteiger partial charge is 0.490 e. The van der Waals surface area contributed by atoms with Gasteiger partial charge < -0.3 is 19.5 Å². The summed E-state index contributed by atoms with van der Waals surface area (Å²) in [7, 11) is 0. The van der Waals surface area contributed by atoms with Gasteiger partial charge in [-0.3, -0.25) is 14.8 Å². The molecule has 0 radical (unpaired) electrons. The predicted octanol–water partition coefficient (Wildman–Crippen LogP) is 4.68. The Labute approximate surface area is 197 Å². The first-order valence-corrected chi connectivity index (χ1v) is 10.8. The Bertz CT molecular complexity index is 1220. The van der Waals surface area contributed by atoms with E-state index in [0.29, 0.717) is 48.5 Å². The summed E-state index contributed by atoms with van der Waals surface area (Å²) in [6.45, 7) is 3.00. The van der Waals surface area contributed by atoms with Gasteiger partial charge in [-0.25, -0.2) is 4.98 Å². The Balaban J connectivity index is 1.46. The SMILES string of the molecule is CCOc1cc(C(=O)Nc2ncccc2OCc2ccncc2)ccc1OCc1ccncc1. The first-order chi connectivity index (χ1) is 16.7. The van der Waals surface area contributed by atoms with Crippen molar-refractivity contribution in [2.45, 2.75) is 20.1 Å². The molecule has 0 saturated heterocycles. The van der Waals surface area contributed by atoms with Crippen LogP contribution in [-0.2, 0) is 13.2 Å². The molecule has 0 atom stereocenters. The summed E-state index contributed by atoms with van der Waals surface area (Å²) in [5.74, 6) is 1.50. The van der Waals surface area contributed by atoms with Crippen molar-refractivity contribution >= 4 is 11.7 Å². The summed E-state index contributed by atoms with van der Waals surface area (Å²) in [6.07, 6.45) is 8.41. The van der Waals surface area contributed by atoms with E-state index >= 15 is 0 Å². The minimum Gasteiger partial charge on any atom is -0.490 e. The molecular formula is C26H24N4O4. The van der Waals surface area contributed by atoms with E-state index in [1.807, 2.05) is 31.2 Å². The molecule has 0 saturated carbocycles. The summed E-state index contributed by atoms with van der Waals surface area (Å²) < 4.78 is 17.5. The van der Waals surface area contributed by atoms with Gasteiger partial charge in [-0.15, -0.1) is 0 Å². The van der Waals surface area contributed by atoms with Crippen molar-refractivity contribution in [1.82, 2.24) is 15.0 Å². The molecule has 0 spiro atoms. The number of pyridine rings is 3. The summed E-state index contributed by atoms with van der Waals surface area (Å²) in [5.41, 5.74) is 2.35. The number of hydrogen-bond acceptors (Lipinski definition) is 7. The maximum atomic E-state index is 13.0. The number of benzene rings is 1. The minimum atomic E-state index is -0.339. The van der Waals surface area contributed by atoms with E-state index in [-0.39, 0.29) is 5.91 Å². The summed E-state index contributed by atoms with van der Waals surface area (Å²) >= 11 is 0. The molecule has 0 aliphatic heterocycles. The van der Waals surface area contributed by atoms with Crippen LogP contribution in [0.5, 0.6) is 17.2 Å². The lowest BCUT2D eigenvalue weighted by atomic mass is 10.2. The number of aromatic nitrogens is 3. The second-order valence-electron chi connectivity index (χ2n) is 7.19. The van der Waals surface area contributed by atoms with Gasteiger partial charge >= 0.3 is 0 Å². The minimum absolute atomic E-state index is 0.328. The van der Waals surface area contributed by atoms with Crippen molar-refractivity contribution in [3.8, 4) is 17.2 Å². The highest BCUT2D eigenvalue weighted by molar-refractivity contribution is 6.04. The van der Waals surface area contributed by atoms with E-state index in [9.17, 15) is 4.79 Å². The van der Waals surface area contributed by atoms with Crippen LogP contribution in [0.4, 0.5) is 5.82 Å². The predicted molar refractivity (Wildman–Crippen MR) is 127 cm³/mol. The van der Waals surface area contributed by atoms with Gasteiger partial charge in [0.2, 0.25) is 0 Å². The molecule has 4 aromatic rings. The topological polar surface area (TPSA) is 95.5 Å². The Kier molecular flexibility index (Phi) is 7.63. The summed E-state index contributed by atoms with van der Waals surface area (Å²) in [6, 6.07) is 16.0. The maximum absolute atomic E-state index is 13.0. The lowest BCUT2D eigenvalue weighted by Crippen LogP contribution is -2.14. The number of ether oxygens (including phenoxy) is 3. The van der Waals surface area contributed by atoms with E-state index in [2.05, 4.69) is 20.3 Å². The average molecular weight is 457 g/mol. The smallest absolute Gasteiger partial charge is 0.257 e. The number of hydrogen-bond donors (Lipinski definition) is 1. The highest BCUT2D eigenvalue weighted by Crippen LogP contribution is 2.30. The maximum Gasteiger partial charge on any atom is 0.257 e. The molecule has 0 aliphatic rings. The van der Waals surface area contributed by atoms with Crippen molar-refractivity contribution in [2.24, 2.45) is 0 Å². The molecule has 1 aromatic carbocycles. The van der Waals surface area contributed by atoms with Crippen LogP contribution in [0.3, 0.4) is 0 Å². The van der Waals surface area contributed by atoms with Crippen molar-refractivity contribution in [1.29, 1.82) is 0 Å². The van der Waals surface area contributed by atoms with Gasteiger partial charge in [-0.2, -0.15) is 0 Å². The van der Waals surface area contributed by atoms with E-state index in [1.165, 1.54) is 0 Å². The zero-order valence-electron chi connectivity index (χ0n) is 18.7. The monoisotopic (exact) mass is 456 g/mol. The van der Waals surface area contributed by atoms with Gasteiger partial charge in [0, 0.05) is 36.5 Å². The van der Waals surface area contributed by atoms with E-state index < -0.39 is 0 Å². The van der Waals surface area contributed by atoms with Crippen LogP contribution in [0.1, 0.15) is 28.4 Å². The first kappa shape index (κ1) is 22.7. The van der Waals surface area contributed by atoms with Crippen LogP contribution in [0.2, 0.25) is 0 Å². The zero-order valence-corrected chi connectivity index (χ0v) is 18.7. The van der Waals surface area contributed by atoms with Crippen LogP contribution in [0.25, 0.3) is 0 Å². The molecule has 3 heterocycles. The molecule has 8 heteroatoms. The third-order valence-electron chi connectivity index (χ3n) is 4.80. The fourth-order valence-corrected chi connectivity index (χ4v) is 3.10. The van der Waals surface area contributed by atoms with E-state index in [4.69, 9.17) is 14.2 Å². The highest BCUT2D eigenvalue weighted by Gasteiger charge is 2.15. The van der Waals surface area contributed by atoms with Gasteiger partial charge in [0.1, 0.15) is 13.2 Å². The molecule has 34 heavy (non-hydrogen) atoms. The van der Waals surface area contributed by atoms with Crippen LogP contribution < -0.4 is 19.5 Å². The fourth-order valence-electron chi connectivity index (χ4n) is 3.10. The molecule has 8 nitrogen and oxygen atoms in total. The van der Waals surface area contributed by atoms with Crippen molar-refractivity contribution in [3.05, 3.63) is 102 Å². The summed E-state index contributed by atoms with van der Waals surface area (Å²) in [5, 5.41) is 2.82. The average Bonchev–Trinajstić information content (AvgIpc) is 2.89. The Morgan fingerprint density at radius 1 is 0.765 bits per heavy atom. The van der Waals surface area contributed by atoms with Crippen molar-refractivity contribution < 1.29 is 19.0 Å². The Morgan fingerprint density at radius 2 is 1.41 bits per heavy atom. The molecule has 3 aromatic heterocycles. The standard InChI is InChI=1S/C26H24N4O4/c1-2-32-24-16-21(5-6-22(24)33-17-19-7-12-27-13-8-19)26(31)30-25-23(4-3-11-29-25)34-18-20-9-14-28-15-10-20/h3-16H,2,17-18H2,1H3,(H,29,30,31). The van der Waals surface area contributed by atoms with Gasteiger partial charge in [-0.1, -0.05) is 0 Å². The molecule has 1 N–H and O–H groups in total. The molecule has 0 aliphatic carbocycles. The van der Waals surface area contributed by atoms with Gasteiger partial charge in [0.15, 0.2) is 23.1 Å². The number of anilines is 1. The number of carbonyl (C=O) groups is 1. The highest BCUT2D eigenvalue weighted by atomic mass is 16.5. The van der Waals surface area contributed by atoms with Crippen LogP contribution in [0, 0.1) is 0 Å². The second kappa shape index (κ2) is 11.4. The van der Waals surface area contributed by atoms with E-state index in [1.54, 1.807) is 61.3 Å². The lowest BCUT2D eigenvalue weighted by molar-refractivity contribution is 0.102. The third kappa shape index (κ3) is 6.07. The second-order valence-corrected chi connectivity index (χ2v) is 7.19. The number of amides is 1. The number of nitrogens with one attached hydrogen (secondary N) is 1. The number of rotatable bonds is 10. The number of nitrogens with zero attached hydrogens (tertiary/aromatic N) is 3. The normalized spacial score (nSPS) is 10.4.